The summed E-state index contributed by atoms with van der Waals surface area (Å²) < 4.78 is 47.9. The number of nitrogens with one attached hydrogen (secondary N) is 1. The molecule has 1 aromatic rings. The van der Waals surface area contributed by atoms with Gasteiger partial charge in [-0.2, -0.15) is 0 Å². The van der Waals surface area contributed by atoms with Gasteiger partial charge in [0.25, 0.3) is 0 Å². The summed E-state index contributed by atoms with van der Waals surface area (Å²) in [6.07, 6.45) is 10.4. The van der Waals surface area contributed by atoms with Crippen molar-refractivity contribution in [1.82, 2.24) is 10.2 Å². The number of amides is 1. The summed E-state index contributed by atoms with van der Waals surface area (Å²) in [6.45, 7) is 2.13. The molecule has 1 aromatic carbocycles. The minimum absolute atomic E-state index is 0.0493. The summed E-state index contributed by atoms with van der Waals surface area (Å²) in [7, 11) is 3.50. The molecule has 2 aliphatic rings. The number of rotatable bonds is 13. The zero-order chi connectivity index (χ0) is 26.8. The van der Waals surface area contributed by atoms with Crippen LogP contribution in [-0.4, -0.2) is 56.3 Å². The van der Waals surface area contributed by atoms with Gasteiger partial charge in [-0.1, -0.05) is 38.2 Å². The molecule has 1 aliphatic heterocycles. The molecule has 8 heteroatoms. The Kier molecular flexibility index (Phi) is 11.7. The van der Waals surface area contributed by atoms with Gasteiger partial charge in [0.1, 0.15) is 0 Å². The van der Waals surface area contributed by atoms with Crippen molar-refractivity contribution >= 4 is 5.91 Å². The van der Waals surface area contributed by atoms with E-state index in [0.29, 0.717) is 51.2 Å². The number of carbonyl (C=O) groups is 1. The molecule has 1 saturated carbocycles. The lowest BCUT2D eigenvalue weighted by atomic mass is 9.73. The van der Waals surface area contributed by atoms with Crippen LogP contribution in [-0.2, 0) is 15.1 Å². The molecule has 2 N–H and O–H groups in total. The van der Waals surface area contributed by atoms with Crippen molar-refractivity contribution in [1.29, 1.82) is 0 Å². The number of ether oxygens (including phenoxy) is 1. The summed E-state index contributed by atoms with van der Waals surface area (Å²) in [5.74, 6) is -3.72. The van der Waals surface area contributed by atoms with E-state index in [9.17, 15) is 23.1 Å². The van der Waals surface area contributed by atoms with E-state index in [1.165, 1.54) is 32.1 Å². The Morgan fingerprint density at radius 1 is 1.14 bits per heavy atom. The third-order valence-electron chi connectivity index (χ3n) is 8.45. The number of methoxy groups -OCH3 is 1. The molecule has 0 unspecified atom stereocenters. The highest BCUT2D eigenvalue weighted by Crippen LogP contribution is 2.42. The quantitative estimate of drug-likeness (QED) is 0.262. The van der Waals surface area contributed by atoms with E-state index in [1.807, 2.05) is 7.05 Å². The summed E-state index contributed by atoms with van der Waals surface area (Å²) in [4.78, 5) is 15.2. The first-order chi connectivity index (χ1) is 17.8. The lowest BCUT2D eigenvalue weighted by Gasteiger charge is -2.43. The summed E-state index contributed by atoms with van der Waals surface area (Å²) >= 11 is 0. The largest absolute Gasteiger partial charge is 0.385 e. The summed E-state index contributed by atoms with van der Waals surface area (Å²) in [5.41, 5.74) is -1.94. The number of nitrogens with zero attached hydrogens (tertiary/aromatic N) is 1. The van der Waals surface area contributed by atoms with Crippen molar-refractivity contribution in [2.45, 2.75) is 82.7 Å². The standard InChI is InChI=1S/C29H45F3N2O3/c1-33-19-22(17-21-9-4-3-5-10-21)18-26(35)34-15-8-11-23(20-34)29(36,14-6-7-16-37-2)24-12-13-25(30)28(32)27(24)31/h12-13,21-23,33,36H,3-11,14-20H2,1-2H3/t22-,23-,29+/m1/s1. The molecule has 1 amide bonds. The normalized spacial score (nSPS) is 21.6. The molecule has 0 aromatic heterocycles. The van der Waals surface area contributed by atoms with Gasteiger partial charge >= 0.3 is 0 Å². The van der Waals surface area contributed by atoms with Crippen LogP contribution in [0.25, 0.3) is 0 Å². The van der Waals surface area contributed by atoms with E-state index in [2.05, 4.69) is 5.32 Å². The van der Waals surface area contributed by atoms with Gasteiger partial charge in [-0.05, 0) is 70.0 Å². The fraction of sp³-hybridized carbons (Fsp3) is 0.759. The van der Waals surface area contributed by atoms with Gasteiger partial charge in [0.2, 0.25) is 5.91 Å². The van der Waals surface area contributed by atoms with E-state index in [0.717, 1.165) is 25.1 Å². The van der Waals surface area contributed by atoms with Gasteiger partial charge in [-0.15, -0.1) is 0 Å². The van der Waals surface area contributed by atoms with E-state index >= 15 is 0 Å². The van der Waals surface area contributed by atoms with Gasteiger partial charge in [0.15, 0.2) is 17.5 Å². The average Bonchev–Trinajstić information content (AvgIpc) is 2.90. The van der Waals surface area contributed by atoms with Gasteiger partial charge in [-0.3, -0.25) is 4.79 Å². The molecule has 3 atom stereocenters. The molecular weight excluding hydrogens is 481 g/mol. The van der Waals surface area contributed by atoms with Crippen LogP contribution in [0.3, 0.4) is 0 Å². The molecule has 3 rings (SSSR count). The predicted octanol–water partition coefficient (Wildman–Crippen LogP) is 5.54. The van der Waals surface area contributed by atoms with Crippen molar-refractivity contribution in [3.63, 3.8) is 0 Å². The van der Waals surface area contributed by atoms with Crippen LogP contribution in [0, 0.1) is 35.2 Å². The van der Waals surface area contributed by atoms with Gasteiger partial charge < -0.3 is 20.1 Å². The highest BCUT2D eigenvalue weighted by atomic mass is 19.2. The van der Waals surface area contributed by atoms with Crippen LogP contribution < -0.4 is 5.32 Å². The van der Waals surface area contributed by atoms with E-state index < -0.39 is 29.0 Å². The van der Waals surface area contributed by atoms with Crippen molar-refractivity contribution < 1.29 is 27.8 Å². The fourth-order valence-corrected chi connectivity index (χ4v) is 6.45. The Balaban J connectivity index is 1.74. The molecule has 5 nitrogen and oxygen atoms in total. The summed E-state index contributed by atoms with van der Waals surface area (Å²) in [5, 5.41) is 15.1. The third kappa shape index (κ3) is 7.93. The maximum atomic E-state index is 14.9. The lowest BCUT2D eigenvalue weighted by Crippen LogP contribution is -2.49. The number of piperidine rings is 1. The number of benzene rings is 1. The molecular formula is C29H45F3N2O3. The fourth-order valence-electron chi connectivity index (χ4n) is 6.45. The topological polar surface area (TPSA) is 61.8 Å². The van der Waals surface area contributed by atoms with Crippen molar-refractivity contribution in [2.24, 2.45) is 17.8 Å². The van der Waals surface area contributed by atoms with Crippen LogP contribution in [0.4, 0.5) is 13.2 Å². The molecule has 2 fully saturated rings. The second kappa shape index (κ2) is 14.5. The zero-order valence-corrected chi connectivity index (χ0v) is 22.5. The van der Waals surface area contributed by atoms with E-state index in [4.69, 9.17) is 4.74 Å². The second-order valence-electron chi connectivity index (χ2n) is 11.1. The van der Waals surface area contributed by atoms with Crippen LogP contribution in [0.5, 0.6) is 0 Å². The molecule has 0 radical (unpaired) electrons. The van der Waals surface area contributed by atoms with Crippen LogP contribution in [0.1, 0.15) is 82.6 Å². The second-order valence-corrected chi connectivity index (χ2v) is 11.1. The monoisotopic (exact) mass is 526 g/mol. The van der Waals surface area contributed by atoms with E-state index in [-0.39, 0.29) is 30.4 Å². The molecule has 1 heterocycles. The van der Waals surface area contributed by atoms with Gasteiger partial charge in [0.05, 0.1) is 5.60 Å². The highest BCUT2D eigenvalue weighted by Gasteiger charge is 2.43. The maximum absolute atomic E-state index is 14.9. The molecule has 0 spiro atoms. The predicted molar refractivity (Wildman–Crippen MR) is 138 cm³/mol. The average molecular weight is 527 g/mol. The SMILES string of the molecule is CNC[C@@H](CC(=O)N1CCC[C@@H]([C@@](O)(CCCCOC)c2ccc(F)c(F)c2F)C1)CC1CCCCC1. The lowest BCUT2D eigenvalue weighted by molar-refractivity contribution is -0.138. The Morgan fingerprint density at radius 2 is 1.89 bits per heavy atom. The number of unbranched alkanes of at least 4 members (excludes halogenated alkanes) is 1. The van der Waals surface area contributed by atoms with Crippen LogP contribution in [0.15, 0.2) is 12.1 Å². The minimum atomic E-state index is -1.71. The third-order valence-corrected chi connectivity index (χ3v) is 8.45. The van der Waals surface area contributed by atoms with Crippen LogP contribution >= 0.6 is 0 Å². The molecule has 210 valence electrons. The number of carbonyl (C=O) groups excluding carboxylic acids is 1. The first-order valence-electron chi connectivity index (χ1n) is 14.1. The van der Waals surface area contributed by atoms with Crippen molar-refractivity contribution in [3.05, 3.63) is 35.1 Å². The Hall–Kier alpha value is -1.64. The summed E-state index contributed by atoms with van der Waals surface area (Å²) in [6, 6.07) is 2.02. The molecule has 0 bridgehead atoms. The first kappa shape index (κ1) is 29.9. The van der Waals surface area contributed by atoms with Crippen molar-refractivity contribution in [2.75, 3.05) is 40.4 Å². The van der Waals surface area contributed by atoms with Gasteiger partial charge in [0, 0.05) is 44.7 Å². The number of aliphatic hydroxyl groups is 1. The zero-order valence-electron chi connectivity index (χ0n) is 22.5. The highest BCUT2D eigenvalue weighted by molar-refractivity contribution is 5.76. The smallest absolute Gasteiger partial charge is 0.222 e. The van der Waals surface area contributed by atoms with Gasteiger partial charge in [-0.25, -0.2) is 13.2 Å². The number of hydrogen-bond donors (Lipinski definition) is 2. The molecule has 1 saturated heterocycles. The minimum Gasteiger partial charge on any atom is -0.385 e. The number of hydrogen-bond acceptors (Lipinski definition) is 4. The molecule has 37 heavy (non-hydrogen) atoms. The van der Waals surface area contributed by atoms with E-state index in [1.54, 1.807) is 12.0 Å². The molecule has 1 aliphatic carbocycles. The van der Waals surface area contributed by atoms with Crippen molar-refractivity contribution in [3.8, 4) is 0 Å². The Morgan fingerprint density at radius 3 is 2.59 bits per heavy atom. The Bertz CT molecular complexity index is 865. The Labute approximate surface area is 220 Å². The van der Waals surface area contributed by atoms with Crippen LogP contribution in [0.2, 0.25) is 0 Å². The first-order valence-corrected chi connectivity index (χ1v) is 14.1. The number of halogens is 3. The number of likely N-dealkylation sites (tertiary alicyclic amines) is 1. The maximum Gasteiger partial charge on any atom is 0.222 e.